The molecular weight excluding hydrogens is 821 g/mol. The highest BCUT2D eigenvalue weighted by molar-refractivity contribution is 6.07. The second kappa shape index (κ2) is 15.2. The van der Waals surface area contributed by atoms with Gasteiger partial charge in [0.15, 0.2) is 5.82 Å². The van der Waals surface area contributed by atoms with Crippen LogP contribution in [0.3, 0.4) is 0 Å². The lowest BCUT2D eigenvalue weighted by molar-refractivity contribution is 0.660. The monoisotopic (exact) mass is 868 g/mol. The Labute approximate surface area is 398 Å². The first-order chi connectivity index (χ1) is 33.2. The SMILES string of the molecule is CC1(C)c2cc(-c3ccccc3-c3ccc(-c4cc(-c5cccc6c5-c5cc7ccccc7cc5C6(C)C)nc(-c5ccccc5)n4)c4ccccc34)ccc2-c2c(-c3ccccc3)cccc21. The summed E-state index contributed by atoms with van der Waals surface area (Å²) in [5.41, 5.74) is 22.7. The molecule has 2 nitrogen and oxygen atoms in total. The molecule has 11 aromatic rings. The Morgan fingerprint density at radius 1 is 0.279 bits per heavy atom. The largest absolute Gasteiger partial charge is 0.228 e. The summed E-state index contributed by atoms with van der Waals surface area (Å²) in [6.07, 6.45) is 0. The summed E-state index contributed by atoms with van der Waals surface area (Å²) in [6, 6.07) is 80.0. The zero-order valence-corrected chi connectivity index (χ0v) is 38.7. The van der Waals surface area contributed by atoms with E-state index in [4.69, 9.17) is 9.97 Å². The van der Waals surface area contributed by atoms with Crippen molar-refractivity contribution in [3.63, 3.8) is 0 Å². The van der Waals surface area contributed by atoms with E-state index in [9.17, 15) is 0 Å². The molecule has 2 aliphatic rings. The minimum absolute atomic E-state index is 0.155. The molecule has 0 unspecified atom stereocenters. The van der Waals surface area contributed by atoms with Crippen molar-refractivity contribution in [1.82, 2.24) is 9.97 Å². The van der Waals surface area contributed by atoms with Crippen LogP contribution in [0.15, 0.2) is 218 Å². The molecule has 0 N–H and O–H groups in total. The quantitative estimate of drug-likeness (QED) is 0.166. The van der Waals surface area contributed by atoms with Gasteiger partial charge in [-0.15, -0.1) is 0 Å². The number of nitrogens with zero attached hydrogens (tertiary/aromatic N) is 2. The van der Waals surface area contributed by atoms with E-state index < -0.39 is 0 Å². The van der Waals surface area contributed by atoms with Crippen LogP contribution in [0.2, 0.25) is 0 Å². The molecule has 0 spiro atoms. The Bertz CT molecular complexity index is 3840. The van der Waals surface area contributed by atoms with Gasteiger partial charge >= 0.3 is 0 Å². The predicted molar refractivity (Wildman–Crippen MR) is 285 cm³/mol. The molecule has 0 radical (unpaired) electrons. The van der Waals surface area contributed by atoms with Crippen molar-refractivity contribution in [2.75, 3.05) is 0 Å². The number of hydrogen-bond acceptors (Lipinski definition) is 2. The first-order valence-corrected chi connectivity index (χ1v) is 23.8. The van der Waals surface area contributed by atoms with Crippen LogP contribution in [-0.4, -0.2) is 9.97 Å². The fourth-order valence-corrected chi connectivity index (χ4v) is 11.7. The molecule has 13 rings (SSSR count). The molecule has 0 atom stereocenters. The maximum Gasteiger partial charge on any atom is 0.160 e. The van der Waals surface area contributed by atoms with E-state index in [1.165, 1.54) is 94.0 Å². The number of benzene rings is 10. The molecule has 0 bridgehead atoms. The third kappa shape index (κ3) is 6.10. The van der Waals surface area contributed by atoms with Crippen LogP contribution >= 0.6 is 0 Å². The molecule has 1 heterocycles. The van der Waals surface area contributed by atoms with Crippen LogP contribution in [0.4, 0.5) is 0 Å². The Morgan fingerprint density at radius 2 is 0.779 bits per heavy atom. The maximum absolute atomic E-state index is 5.41. The van der Waals surface area contributed by atoms with Crippen molar-refractivity contribution in [3.05, 3.63) is 241 Å². The van der Waals surface area contributed by atoms with Crippen LogP contribution in [0.1, 0.15) is 49.9 Å². The van der Waals surface area contributed by atoms with Crippen molar-refractivity contribution in [2.45, 2.75) is 38.5 Å². The summed E-state index contributed by atoms with van der Waals surface area (Å²) in [5.74, 6) is 0.711. The molecule has 0 saturated heterocycles. The van der Waals surface area contributed by atoms with Gasteiger partial charge in [0.2, 0.25) is 0 Å². The van der Waals surface area contributed by atoms with Gasteiger partial charge in [0.05, 0.1) is 11.4 Å². The molecule has 0 aliphatic heterocycles. The molecule has 10 aromatic carbocycles. The Hall–Kier alpha value is -8.20. The summed E-state index contributed by atoms with van der Waals surface area (Å²) in [7, 11) is 0. The second-order valence-electron chi connectivity index (χ2n) is 19.7. The fraction of sp³-hybridized carbons (Fsp3) is 0.0909. The second-order valence-corrected chi connectivity index (χ2v) is 19.7. The lowest BCUT2D eigenvalue weighted by Crippen LogP contribution is -2.15. The van der Waals surface area contributed by atoms with Crippen molar-refractivity contribution in [2.24, 2.45) is 0 Å². The van der Waals surface area contributed by atoms with Gasteiger partial charge in [-0.1, -0.05) is 222 Å². The number of rotatable bonds is 6. The molecule has 322 valence electrons. The highest BCUT2D eigenvalue weighted by Gasteiger charge is 2.39. The Balaban J connectivity index is 0.961. The number of hydrogen-bond donors (Lipinski definition) is 0. The normalized spacial score (nSPS) is 13.8. The van der Waals surface area contributed by atoms with Crippen LogP contribution in [0, 0.1) is 0 Å². The zero-order valence-electron chi connectivity index (χ0n) is 38.7. The smallest absolute Gasteiger partial charge is 0.160 e. The van der Waals surface area contributed by atoms with Crippen molar-refractivity contribution >= 4 is 21.5 Å². The zero-order chi connectivity index (χ0) is 45.7. The summed E-state index contributed by atoms with van der Waals surface area (Å²) < 4.78 is 0. The molecular formula is C66H48N2. The third-order valence-corrected chi connectivity index (χ3v) is 15.1. The minimum Gasteiger partial charge on any atom is -0.228 e. The van der Waals surface area contributed by atoms with Crippen molar-refractivity contribution < 1.29 is 0 Å². The van der Waals surface area contributed by atoms with Gasteiger partial charge in [0.1, 0.15) is 0 Å². The van der Waals surface area contributed by atoms with E-state index >= 15 is 0 Å². The third-order valence-electron chi connectivity index (χ3n) is 15.1. The van der Waals surface area contributed by atoms with Gasteiger partial charge in [-0.25, -0.2) is 9.97 Å². The van der Waals surface area contributed by atoms with Gasteiger partial charge in [-0.2, -0.15) is 0 Å². The van der Waals surface area contributed by atoms with E-state index in [0.717, 1.165) is 33.5 Å². The molecule has 0 amide bonds. The van der Waals surface area contributed by atoms with E-state index in [1.807, 2.05) is 0 Å². The predicted octanol–water partition coefficient (Wildman–Crippen LogP) is 17.4. The summed E-state index contributed by atoms with van der Waals surface area (Å²) in [4.78, 5) is 10.8. The lowest BCUT2D eigenvalue weighted by Gasteiger charge is -2.22. The Kier molecular flexibility index (Phi) is 8.95. The van der Waals surface area contributed by atoms with Crippen LogP contribution in [0.5, 0.6) is 0 Å². The van der Waals surface area contributed by atoms with Crippen LogP contribution in [-0.2, 0) is 10.8 Å². The van der Waals surface area contributed by atoms with Gasteiger partial charge in [0.25, 0.3) is 0 Å². The number of aromatic nitrogens is 2. The molecule has 68 heavy (non-hydrogen) atoms. The highest BCUT2D eigenvalue weighted by atomic mass is 14.9. The van der Waals surface area contributed by atoms with E-state index in [2.05, 4.69) is 246 Å². The fourth-order valence-electron chi connectivity index (χ4n) is 11.7. The topological polar surface area (TPSA) is 25.8 Å². The van der Waals surface area contributed by atoms with Crippen LogP contribution in [0.25, 0.3) is 111 Å². The first-order valence-electron chi connectivity index (χ1n) is 23.8. The molecule has 2 aliphatic carbocycles. The van der Waals surface area contributed by atoms with Crippen molar-refractivity contribution in [1.29, 1.82) is 0 Å². The first kappa shape index (κ1) is 40.1. The number of fused-ring (bicyclic) bond motifs is 8. The highest BCUT2D eigenvalue weighted by Crippen LogP contribution is 2.55. The van der Waals surface area contributed by atoms with Crippen LogP contribution < -0.4 is 0 Å². The summed E-state index contributed by atoms with van der Waals surface area (Å²) in [6.45, 7) is 9.47. The average Bonchev–Trinajstić information content (AvgIpc) is 3.76. The van der Waals surface area contributed by atoms with E-state index in [-0.39, 0.29) is 10.8 Å². The molecule has 0 fully saturated rings. The standard InChI is InChI=1S/C66H48N2/c1-65(2)56-31-17-29-47(41-19-7-5-8-20-41)62(56)53-34-33-45(39-58(53)65)46-25-13-14-26-48(46)51-35-36-52(50-28-16-15-27-49(50)51)60-40-61(68-64(67-60)42-21-9-6-10-22-42)54-30-18-32-57-63(54)55-37-43-23-11-12-24-44(43)38-59(55)66(57,3)4/h5-40H,1-4H3. The maximum atomic E-state index is 5.41. The molecule has 1 aromatic heterocycles. The molecule has 2 heteroatoms. The summed E-state index contributed by atoms with van der Waals surface area (Å²) >= 11 is 0. The van der Waals surface area contributed by atoms with E-state index in [0.29, 0.717) is 5.82 Å². The average molecular weight is 869 g/mol. The minimum atomic E-state index is -0.169. The lowest BCUT2D eigenvalue weighted by atomic mass is 9.80. The van der Waals surface area contributed by atoms with E-state index in [1.54, 1.807) is 0 Å². The summed E-state index contributed by atoms with van der Waals surface area (Å²) in [5, 5.41) is 4.85. The van der Waals surface area contributed by atoms with Gasteiger partial charge in [0, 0.05) is 27.5 Å². The Morgan fingerprint density at radius 3 is 1.49 bits per heavy atom. The van der Waals surface area contributed by atoms with Crippen molar-refractivity contribution in [3.8, 4) is 89.5 Å². The molecule has 0 saturated carbocycles. The van der Waals surface area contributed by atoms with Gasteiger partial charge < -0.3 is 0 Å². The van der Waals surface area contributed by atoms with Gasteiger partial charge in [-0.05, 0) is 124 Å². The van der Waals surface area contributed by atoms with Gasteiger partial charge in [-0.3, -0.25) is 0 Å².